The Hall–Kier alpha value is -0.530. The maximum atomic E-state index is 10.1. The molecule has 0 saturated heterocycles. The third-order valence-electron chi connectivity index (χ3n) is 1.86. The number of carbonyl (C=O) groups is 1. The van der Waals surface area contributed by atoms with Gasteiger partial charge in [-0.25, -0.2) is 0 Å². The first-order valence-electron chi connectivity index (χ1n) is 4.79. The average molecular weight is 172 g/mol. The second-order valence-electron chi connectivity index (χ2n) is 3.63. The summed E-state index contributed by atoms with van der Waals surface area (Å²) in [5.41, 5.74) is 0. The zero-order valence-electron chi connectivity index (χ0n) is 8.38. The van der Waals surface area contributed by atoms with Crippen molar-refractivity contribution in [3.05, 3.63) is 0 Å². The SMILES string of the molecule is CCCCC(CC(C)C)OC=O. The van der Waals surface area contributed by atoms with Gasteiger partial charge in [-0.3, -0.25) is 4.79 Å². The van der Waals surface area contributed by atoms with Crippen LogP contribution in [-0.2, 0) is 9.53 Å². The van der Waals surface area contributed by atoms with E-state index in [1.165, 1.54) is 0 Å². The van der Waals surface area contributed by atoms with Crippen LogP contribution in [0.5, 0.6) is 0 Å². The molecule has 0 amide bonds. The van der Waals surface area contributed by atoms with Gasteiger partial charge in [0.2, 0.25) is 0 Å². The summed E-state index contributed by atoms with van der Waals surface area (Å²) in [5.74, 6) is 0.604. The van der Waals surface area contributed by atoms with Crippen molar-refractivity contribution in [3.8, 4) is 0 Å². The van der Waals surface area contributed by atoms with Gasteiger partial charge in [-0.2, -0.15) is 0 Å². The molecule has 0 rings (SSSR count). The molecule has 0 radical (unpaired) electrons. The Labute approximate surface area is 75.3 Å². The van der Waals surface area contributed by atoms with Crippen molar-refractivity contribution in [2.75, 3.05) is 0 Å². The molecule has 2 heteroatoms. The highest BCUT2D eigenvalue weighted by molar-refractivity contribution is 5.37. The highest BCUT2D eigenvalue weighted by atomic mass is 16.5. The Bertz CT molecular complexity index is 110. The van der Waals surface area contributed by atoms with E-state index in [2.05, 4.69) is 20.8 Å². The largest absolute Gasteiger partial charge is 0.465 e. The second-order valence-corrected chi connectivity index (χ2v) is 3.63. The number of rotatable bonds is 7. The molecule has 2 nitrogen and oxygen atoms in total. The number of unbranched alkanes of at least 4 members (excludes halogenated alkanes) is 1. The van der Waals surface area contributed by atoms with E-state index < -0.39 is 0 Å². The van der Waals surface area contributed by atoms with Crippen LogP contribution < -0.4 is 0 Å². The Morgan fingerprint density at radius 1 is 1.42 bits per heavy atom. The number of carbonyl (C=O) groups excluding carboxylic acids is 1. The third kappa shape index (κ3) is 6.20. The molecule has 0 spiro atoms. The highest BCUT2D eigenvalue weighted by Crippen LogP contribution is 2.13. The van der Waals surface area contributed by atoms with Crippen LogP contribution in [-0.4, -0.2) is 12.6 Å². The maximum Gasteiger partial charge on any atom is 0.293 e. The van der Waals surface area contributed by atoms with Crippen LogP contribution in [0.4, 0.5) is 0 Å². The molecule has 0 heterocycles. The van der Waals surface area contributed by atoms with Crippen molar-refractivity contribution in [3.63, 3.8) is 0 Å². The molecule has 0 aliphatic rings. The van der Waals surface area contributed by atoms with E-state index in [1.54, 1.807) is 0 Å². The van der Waals surface area contributed by atoms with E-state index in [0.29, 0.717) is 12.4 Å². The maximum absolute atomic E-state index is 10.1. The summed E-state index contributed by atoms with van der Waals surface area (Å²) in [7, 11) is 0. The molecule has 0 aliphatic carbocycles. The fourth-order valence-corrected chi connectivity index (χ4v) is 1.28. The minimum Gasteiger partial charge on any atom is -0.465 e. The molecule has 0 aromatic carbocycles. The third-order valence-corrected chi connectivity index (χ3v) is 1.86. The van der Waals surface area contributed by atoms with Crippen molar-refractivity contribution in [1.82, 2.24) is 0 Å². The summed E-state index contributed by atoms with van der Waals surface area (Å²) in [6, 6.07) is 0. The standard InChI is InChI=1S/C10H20O2/c1-4-5-6-10(12-8-11)7-9(2)3/h8-10H,4-7H2,1-3H3. The number of hydrogen-bond donors (Lipinski definition) is 0. The van der Waals surface area contributed by atoms with E-state index >= 15 is 0 Å². The Kier molecular flexibility index (Phi) is 6.82. The van der Waals surface area contributed by atoms with Crippen molar-refractivity contribution in [2.24, 2.45) is 5.92 Å². The van der Waals surface area contributed by atoms with Crippen molar-refractivity contribution >= 4 is 6.47 Å². The number of ether oxygens (including phenoxy) is 1. The Morgan fingerprint density at radius 2 is 2.08 bits per heavy atom. The van der Waals surface area contributed by atoms with Crippen LogP contribution in [0.2, 0.25) is 0 Å². The summed E-state index contributed by atoms with van der Waals surface area (Å²) < 4.78 is 4.97. The fourth-order valence-electron chi connectivity index (χ4n) is 1.28. The molecular weight excluding hydrogens is 152 g/mol. The van der Waals surface area contributed by atoms with Gasteiger partial charge in [0.1, 0.15) is 6.10 Å². The summed E-state index contributed by atoms with van der Waals surface area (Å²) in [6.45, 7) is 7.01. The van der Waals surface area contributed by atoms with E-state index in [-0.39, 0.29) is 6.10 Å². The summed E-state index contributed by atoms with van der Waals surface area (Å²) >= 11 is 0. The first-order chi connectivity index (χ1) is 5.70. The fraction of sp³-hybridized carbons (Fsp3) is 0.900. The molecule has 1 unspecified atom stereocenters. The van der Waals surface area contributed by atoms with E-state index in [9.17, 15) is 4.79 Å². The van der Waals surface area contributed by atoms with E-state index in [0.717, 1.165) is 25.7 Å². The predicted octanol–water partition coefficient (Wildman–Crippen LogP) is 2.76. The topological polar surface area (TPSA) is 26.3 Å². The Balaban J connectivity index is 3.61. The normalized spacial score (nSPS) is 13.0. The lowest BCUT2D eigenvalue weighted by Gasteiger charge is -2.16. The quantitative estimate of drug-likeness (QED) is 0.552. The van der Waals surface area contributed by atoms with Gasteiger partial charge in [-0.05, 0) is 18.8 Å². The zero-order chi connectivity index (χ0) is 9.40. The van der Waals surface area contributed by atoms with Gasteiger partial charge in [0.05, 0.1) is 0 Å². The van der Waals surface area contributed by atoms with Crippen LogP contribution in [0, 0.1) is 5.92 Å². The summed E-state index contributed by atoms with van der Waals surface area (Å²) in [5, 5.41) is 0. The van der Waals surface area contributed by atoms with Gasteiger partial charge in [-0.15, -0.1) is 0 Å². The molecule has 12 heavy (non-hydrogen) atoms. The lowest BCUT2D eigenvalue weighted by molar-refractivity contribution is -0.134. The summed E-state index contributed by atoms with van der Waals surface area (Å²) in [4.78, 5) is 10.1. The molecular formula is C10H20O2. The molecule has 72 valence electrons. The van der Waals surface area contributed by atoms with Crippen LogP contribution >= 0.6 is 0 Å². The predicted molar refractivity (Wildman–Crippen MR) is 49.9 cm³/mol. The molecule has 0 aliphatic heterocycles. The van der Waals surface area contributed by atoms with Crippen molar-refractivity contribution in [2.45, 2.75) is 52.6 Å². The lowest BCUT2D eigenvalue weighted by atomic mass is 10.0. The minimum atomic E-state index is 0.141. The van der Waals surface area contributed by atoms with Gasteiger partial charge >= 0.3 is 0 Å². The minimum absolute atomic E-state index is 0.141. The number of hydrogen-bond acceptors (Lipinski definition) is 2. The zero-order valence-corrected chi connectivity index (χ0v) is 8.38. The van der Waals surface area contributed by atoms with Gasteiger partial charge in [-0.1, -0.05) is 33.6 Å². The van der Waals surface area contributed by atoms with Gasteiger partial charge in [0, 0.05) is 0 Å². The van der Waals surface area contributed by atoms with Crippen molar-refractivity contribution < 1.29 is 9.53 Å². The van der Waals surface area contributed by atoms with Crippen LogP contribution in [0.25, 0.3) is 0 Å². The average Bonchev–Trinajstić information content (AvgIpc) is 2.00. The van der Waals surface area contributed by atoms with Gasteiger partial charge in [0.25, 0.3) is 6.47 Å². The molecule has 0 fully saturated rings. The van der Waals surface area contributed by atoms with Gasteiger partial charge < -0.3 is 4.74 Å². The molecule has 0 bridgehead atoms. The lowest BCUT2D eigenvalue weighted by Crippen LogP contribution is -2.14. The second kappa shape index (κ2) is 7.14. The molecule has 0 aromatic rings. The monoisotopic (exact) mass is 172 g/mol. The van der Waals surface area contributed by atoms with Crippen LogP contribution in [0.1, 0.15) is 46.5 Å². The van der Waals surface area contributed by atoms with Gasteiger partial charge in [0.15, 0.2) is 0 Å². The molecule has 0 saturated carbocycles. The van der Waals surface area contributed by atoms with Crippen LogP contribution in [0.15, 0.2) is 0 Å². The van der Waals surface area contributed by atoms with Crippen molar-refractivity contribution in [1.29, 1.82) is 0 Å². The first-order valence-corrected chi connectivity index (χ1v) is 4.79. The smallest absolute Gasteiger partial charge is 0.293 e. The molecule has 0 aromatic heterocycles. The van der Waals surface area contributed by atoms with E-state index in [1.807, 2.05) is 0 Å². The molecule has 0 N–H and O–H groups in total. The van der Waals surface area contributed by atoms with Crippen LogP contribution in [0.3, 0.4) is 0 Å². The molecule has 1 atom stereocenters. The summed E-state index contributed by atoms with van der Waals surface area (Å²) in [6.07, 6.45) is 4.44. The first kappa shape index (κ1) is 11.5. The van der Waals surface area contributed by atoms with E-state index in [4.69, 9.17) is 4.74 Å². The Morgan fingerprint density at radius 3 is 2.50 bits per heavy atom. The highest BCUT2D eigenvalue weighted by Gasteiger charge is 2.10.